The van der Waals surface area contributed by atoms with Crippen molar-refractivity contribution in [3.63, 3.8) is 0 Å². The molecule has 1 heterocycles. The van der Waals surface area contributed by atoms with Crippen LogP contribution in [0.3, 0.4) is 0 Å². The maximum absolute atomic E-state index is 13.7. The number of hydrogen-bond acceptors (Lipinski definition) is 14. The van der Waals surface area contributed by atoms with Crippen LogP contribution in [-0.4, -0.2) is 68.0 Å². The first-order valence-electron chi connectivity index (χ1n) is 24.0. The Labute approximate surface area is 413 Å². The van der Waals surface area contributed by atoms with Crippen LogP contribution in [-0.2, 0) is 19.1 Å². The molecule has 70 heavy (non-hydrogen) atoms. The van der Waals surface area contributed by atoms with Crippen LogP contribution < -0.4 is 24.0 Å². The van der Waals surface area contributed by atoms with Crippen molar-refractivity contribution in [3.8, 4) is 23.0 Å². The number of para-hydroxylation sites is 1. The van der Waals surface area contributed by atoms with Gasteiger partial charge in [-0.2, -0.15) is 5.10 Å². The molecular weight excluding hydrogens is 907 g/mol. The second-order valence-electron chi connectivity index (χ2n) is 16.4. The molecule has 0 saturated heterocycles. The molecular formula is C56H61N3O10S. The van der Waals surface area contributed by atoms with E-state index in [0.29, 0.717) is 72.7 Å². The maximum Gasteiger partial charge on any atom is 0.343 e. The molecule has 0 saturated carbocycles. The van der Waals surface area contributed by atoms with E-state index in [1.165, 1.54) is 0 Å². The molecule has 6 aromatic rings. The number of carbonyl (C=O) groups is 4. The smallest absolute Gasteiger partial charge is 0.343 e. The van der Waals surface area contributed by atoms with Gasteiger partial charge in [0.15, 0.2) is 0 Å². The fourth-order valence-electron chi connectivity index (χ4n) is 7.18. The van der Waals surface area contributed by atoms with Crippen molar-refractivity contribution >= 4 is 67.5 Å². The van der Waals surface area contributed by atoms with Gasteiger partial charge in [0.25, 0.3) is 0 Å². The third kappa shape index (κ3) is 16.7. The molecule has 366 valence electrons. The number of hydrazone groups is 1. The summed E-state index contributed by atoms with van der Waals surface area (Å²) >= 11 is 1.56. The van der Waals surface area contributed by atoms with Crippen molar-refractivity contribution in [3.05, 3.63) is 145 Å². The normalized spacial score (nSPS) is 11.0. The van der Waals surface area contributed by atoms with Gasteiger partial charge in [-0.15, -0.1) is 0 Å². The molecule has 14 heteroatoms. The highest BCUT2D eigenvalue weighted by molar-refractivity contribution is 7.22. The SMILES string of the molecule is C=CC(=O)OCCCCCCOc1ccc(C(=O)Oc2ccc3cc(OC(=O)c4ccc(OCCCCCCOC(=O)C=C)cc4)c(/C=N/N(CCCCCC)c4nc5ccccc5s4)cc3c2)cc1. The number of benzene rings is 5. The van der Waals surface area contributed by atoms with Gasteiger partial charge >= 0.3 is 23.9 Å². The molecule has 0 unspecified atom stereocenters. The van der Waals surface area contributed by atoms with Crippen LogP contribution in [0.5, 0.6) is 23.0 Å². The van der Waals surface area contributed by atoms with E-state index < -0.39 is 23.9 Å². The van der Waals surface area contributed by atoms with E-state index >= 15 is 0 Å². The highest BCUT2D eigenvalue weighted by atomic mass is 32.1. The second kappa shape index (κ2) is 28.2. The molecule has 0 aliphatic carbocycles. The molecule has 1 aromatic heterocycles. The van der Waals surface area contributed by atoms with Crippen molar-refractivity contribution in [2.24, 2.45) is 5.10 Å². The summed E-state index contributed by atoms with van der Waals surface area (Å²) in [6, 6.07) is 30.6. The first kappa shape index (κ1) is 52.1. The minimum absolute atomic E-state index is 0.301. The summed E-state index contributed by atoms with van der Waals surface area (Å²) in [4.78, 5) is 54.3. The van der Waals surface area contributed by atoms with Gasteiger partial charge in [0.1, 0.15) is 23.0 Å². The molecule has 0 atom stereocenters. The van der Waals surface area contributed by atoms with Crippen LogP contribution in [0.1, 0.15) is 110 Å². The Balaban J connectivity index is 1.14. The third-order valence-electron chi connectivity index (χ3n) is 11.0. The number of nitrogens with zero attached hydrogens (tertiary/aromatic N) is 3. The summed E-state index contributed by atoms with van der Waals surface area (Å²) in [6.45, 7) is 11.4. The van der Waals surface area contributed by atoms with Gasteiger partial charge in [-0.1, -0.05) is 68.9 Å². The lowest BCUT2D eigenvalue weighted by atomic mass is 10.1. The highest BCUT2D eigenvalue weighted by Crippen LogP contribution is 2.32. The topological polar surface area (TPSA) is 152 Å². The van der Waals surface area contributed by atoms with Crippen molar-refractivity contribution < 1.29 is 47.6 Å². The number of rotatable bonds is 30. The lowest BCUT2D eigenvalue weighted by molar-refractivity contribution is -0.138. The molecule has 0 fully saturated rings. The van der Waals surface area contributed by atoms with E-state index in [9.17, 15) is 19.2 Å². The zero-order valence-electron chi connectivity index (χ0n) is 39.8. The summed E-state index contributed by atoms with van der Waals surface area (Å²) in [5, 5.41) is 9.11. The van der Waals surface area contributed by atoms with Gasteiger partial charge in [0.05, 0.1) is 54.0 Å². The summed E-state index contributed by atoms with van der Waals surface area (Å²) < 4.78 is 34.8. The van der Waals surface area contributed by atoms with E-state index in [0.717, 1.165) is 115 Å². The molecule has 0 aliphatic rings. The first-order chi connectivity index (χ1) is 34.2. The second-order valence-corrected chi connectivity index (χ2v) is 17.4. The van der Waals surface area contributed by atoms with Gasteiger partial charge in [-0.25, -0.2) is 29.2 Å². The zero-order valence-corrected chi connectivity index (χ0v) is 40.6. The van der Waals surface area contributed by atoms with Gasteiger partial charge < -0.3 is 28.4 Å². The molecule has 6 rings (SSSR count). The van der Waals surface area contributed by atoms with Crippen LogP contribution >= 0.6 is 11.3 Å². The number of ether oxygens (including phenoxy) is 6. The molecule has 0 aliphatic heterocycles. The number of thiazole rings is 1. The van der Waals surface area contributed by atoms with E-state index in [2.05, 4.69) is 20.1 Å². The van der Waals surface area contributed by atoms with Crippen LogP contribution in [0.25, 0.3) is 21.0 Å². The fourth-order valence-corrected chi connectivity index (χ4v) is 8.13. The Kier molecular flexibility index (Phi) is 21.0. The lowest BCUT2D eigenvalue weighted by Crippen LogP contribution is -2.18. The van der Waals surface area contributed by atoms with Crippen LogP contribution in [0.15, 0.2) is 134 Å². The standard InChI is InChI=1S/C56H61N3O10S/c1-4-7-8-15-32-59(56-58-49-20-13-14-21-51(49)70-56)57-40-45-37-44-38-48(68-54(62)41-22-27-46(28-23-41)64-33-16-9-11-18-35-66-52(60)5-2)31-26-43(44)39-50(45)69-55(63)42-24-29-47(30-25-42)65-34-17-10-12-19-36-67-53(61)6-3/h5-6,13-14,20-31,37-40H,2-4,7-12,15-19,32-36H2,1H3/b57-40+. The Morgan fingerprint density at radius 2 is 1.16 bits per heavy atom. The Morgan fingerprint density at radius 3 is 1.74 bits per heavy atom. The summed E-state index contributed by atoms with van der Waals surface area (Å²) in [7, 11) is 0. The predicted octanol–water partition coefficient (Wildman–Crippen LogP) is 12.6. The minimum atomic E-state index is -0.553. The van der Waals surface area contributed by atoms with Crippen LogP contribution in [0, 0.1) is 0 Å². The van der Waals surface area contributed by atoms with Crippen molar-refractivity contribution in [2.45, 2.75) is 84.0 Å². The highest BCUT2D eigenvalue weighted by Gasteiger charge is 2.17. The molecule has 0 N–H and O–H groups in total. The van der Waals surface area contributed by atoms with Gasteiger partial charge in [0, 0.05) is 24.3 Å². The quantitative estimate of drug-likeness (QED) is 0.0105. The number of unbranched alkanes of at least 4 members (excludes halogenated alkanes) is 9. The van der Waals surface area contributed by atoms with Crippen molar-refractivity contribution in [1.29, 1.82) is 0 Å². The zero-order chi connectivity index (χ0) is 49.3. The summed E-state index contributed by atoms with van der Waals surface area (Å²) in [6.07, 6.45) is 15.1. The number of hydrogen-bond donors (Lipinski definition) is 0. The predicted molar refractivity (Wildman–Crippen MR) is 276 cm³/mol. The van der Waals surface area contributed by atoms with Crippen molar-refractivity contribution in [1.82, 2.24) is 4.98 Å². The maximum atomic E-state index is 13.7. The number of aromatic nitrogens is 1. The van der Waals surface area contributed by atoms with Gasteiger partial charge in [0.2, 0.25) is 5.13 Å². The molecule has 0 spiro atoms. The van der Waals surface area contributed by atoms with E-state index in [-0.39, 0.29) is 0 Å². The monoisotopic (exact) mass is 967 g/mol. The van der Waals surface area contributed by atoms with E-state index in [1.807, 2.05) is 41.4 Å². The van der Waals surface area contributed by atoms with E-state index in [1.54, 1.807) is 84.3 Å². The Hall–Kier alpha value is -7.32. The largest absolute Gasteiger partial charge is 0.494 e. The minimum Gasteiger partial charge on any atom is -0.494 e. The van der Waals surface area contributed by atoms with Crippen molar-refractivity contribution in [2.75, 3.05) is 38.0 Å². The van der Waals surface area contributed by atoms with Gasteiger partial charge in [-0.05, 0) is 153 Å². The third-order valence-corrected chi connectivity index (χ3v) is 12.1. The number of esters is 4. The van der Waals surface area contributed by atoms with Crippen LogP contribution in [0.2, 0.25) is 0 Å². The average molecular weight is 968 g/mol. The number of fused-ring (bicyclic) bond motifs is 2. The molecule has 5 aromatic carbocycles. The van der Waals surface area contributed by atoms with Crippen LogP contribution in [0.4, 0.5) is 5.13 Å². The Morgan fingerprint density at radius 1 is 0.600 bits per heavy atom. The molecule has 0 radical (unpaired) electrons. The summed E-state index contributed by atoms with van der Waals surface area (Å²) in [5.41, 5.74) is 2.14. The fraction of sp³-hybridized carbons (Fsp3) is 0.321. The summed E-state index contributed by atoms with van der Waals surface area (Å²) in [5.74, 6) is 0.0118. The molecule has 13 nitrogen and oxygen atoms in total. The van der Waals surface area contributed by atoms with E-state index in [4.69, 9.17) is 38.5 Å². The average Bonchev–Trinajstić information content (AvgIpc) is 3.82. The Bertz CT molecular complexity index is 2660. The number of carbonyl (C=O) groups excluding carboxylic acids is 4. The number of anilines is 1. The first-order valence-corrected chi connectivity index (χ1v) is 24.8. The van der Waals surface area contributed by atoms with Gasteiger partial charge in [-0.3, -0.25) is 0 Å². The lowest BCUT2D eigenvalue weighted by Gasteiger charge is -2.16. The molecule has 0 bridgehead atoms. The molecule has 0 amide bonds.